The van der Waals surface area contributed by atoms with Gasteiger partial charge in [0.15, 0.2) is 23.1 Å². The van der Waals surface area contributed by atoms with Crippen LogP contribution in [-0.2, 0) is 9.59 Å². The van der Waals surface area contributed by atoms with Gasteiger partial charge >= 0.3 is 11.9 Å². The zero-order chi connectivity index (χ0) is 28.8. The van der Waals surface area contributed by atoms with Gasteiger partial charge in [-0.2, -0.15) is 0 Å². The van der Waals surface area contributed by atoms with Gasteiger partial charge in [-0.05, 0) is 47.2 Å². The summed E-state index contributed by atoms with van der Waals surface area (Å²) in [6.07, 6.45) is 0.309. The molecule has 0 spiro atoms. The van der Waals surface area contributed by atoms with Gasteiger partial charge in [0.2, 0.25) is 0 Å². The molecule has 11 heteroatoms. The topological polar surface area (TPSA) is 136 Å². The molecule has 0 aliphatic rings. The van der Waals surface area contributed by atoms with Crippen molar-refractivity contribution < 1.29 is 43.6 Å². The zero-order valence-electron chi connectivity index (χ0n) is 21.9. The summed E-state index contributed by atoms with van der Waals surface area (Å²) in [7, 11) is 1.54. The minimum absolute atomic E-state index is 0.0267. The van der Waals surface area contributed by atoms with Crippen molar-refractivity contribution in [2.75, 3.05) is 20.3 Å². The lowest BCUT2D eigenvalue weighted by Gasteiger charge is -2.11. The number of Topliss-reactive ketones (excluding diaryl/α,β-unsaturated/α-hetero) is 2. The standard InChI is InChI=1S/C29H28O9S2/c1-16(29(34)35)10-21(31)27-14-18-12-22(36-2)23(15-25(18)40-27)38-9-3-8-37-19-4-6-24-17(11-19)13-26(39-24)20(30)5-7-28(32)33/h4,6,11-16H,3,5,7-10H2,1-2H3,(H,32,33)(H,34,35). The van der Waals surface area contributed by atoms with Crippen LogP contribution in [-0.4, -0.2) is 54.0 Å². The fraction of sp³-hybridized carbons (Fsp3) is 0.310. The Kier molecular flexibility index (Phi) is 9.38. The molecule has 2 heterocycles. The van der Waals surface area contributed by atoms with Gasteiger partial charge in [0.05, 0.1) is 42.4 Å². The Morgan fingerprint density at radius 1 is 0.800 bits per heavy atom. The largest absolute Gasteiger partial charge is 0.493 e. The molecule has 9 nitrogen and oxygen atoms in total. The quantitative estimate of drug-likeness (QED) is 0.122. The summed E-state index contributed by atoms with van der Waals surface area (Å²) in [6, 6.07) is 12.7. The number of hydrogen-bond acceptors (Lipinski definition) is 9. The van der Waals surface area contributed by atoms with Crippen LogP contribution in [0.4, 0.5) is 0 Å². The number of rotatable bonds is 15. The van der Waals surface area contributed by atoms with Gasteiger partial charge in [-0.15, -0.1) is 22.7 Å². The molecular weight excluding hydrogens is 556 g/mol. The van der Waals surface area contributed by atoms with Gasteiger partial charge in [-0.25, -0.2) is 0 Å². The number of benzene rings is 2. The van der Waals surface area contributed by atoms with Crippen LogP contribution in [0.1, 0.15) is 52.0 Å². The fourth-order valence-electron chi connectivity index (χ4n) is 3.95. The predicted octanol–water partition coefficient (Wildman–Crippen LogP) is 6.31. The molecule has 4 rings (SSSR count). The van der Waals surface area contributed by atoms with Gasteiger partial charge in [0.1, 0.15) is 5.75 Å². The van der Waals surface area contributed by atoms with E-state index in [9.17, 15) is 19.2 Å². The second-order valence-corrected chi connectivity index (χ2v) is 11.4. The summed E-state index contributed by atoms with van der Waals surface area (Å²) in [5, 5.41) is 19.6. The Bertz CT molecular complexity index is 1570. The third-order valence-electron chi connectivity index (χ3n) is 6.13. The van der Waals surface area contributed by atoms with Crippen molar-refractivity contribution in [2.45, 2.75) is 32.6 Å². The van der Waals surface area contributed by atoms with Gasteiger partial charge in [0.25, 0.3) is 0 Å². The van der Waals surface area contributed by atoms with E-state index in [0.29, 0.717) is 46.6 Å². The van der Waals surface area contributed by atoms with E-state index < -0.39 is 17.9 Å². The van der Waals surface area contributed by atoms with Crippen molar-refractivity contribution in [3.63, 3.8) is 0 Å². The van der Waals surface area contributed by atoms with Crippen LogP contribution in [0, 0.1) is 5.92 Å². The molecular formula is C29H28O9S2. The minimum Gasteiger partial charge on any atom is -0.493 e. The molecule has 0 fully saturated rings. The minimum atomic E-state index is -1.00. The van der Waals surface area contributed by atoms with Crippen LogP contribution in [0.5, 0.6) is 17.2 Å². The Morgan fingerprint density at radius 2 is 1.48 bits per heavy atom. The first-order valence-electron chi connectivity index (χ1n) is 12.6. The normalized spacial score (nSPS) is 11.8. The molecule has 0 saturated heterocycles. The van der Waals surface area contributed by atoms with E-state index in [4.69, 9.17) is 24.4 Å². The molecule has 40 heavy (non-hydrogen) atoms. The predicted molar refractivity (Wildman–Crippen MR) is 153 cm³/mol. The van der Waals surface area contributed by atoms with Crippen LogP contribution >= 0.6 is 22.7 Å². The number of carboxylic acids is 2. The van der Waals surface area contributed by atoms with Gasteiger partial charge in [-0.1, -0.05) is 6.92 Å². The van der Waals surface area contributed by atoms with Crippen LogP contribution in [0.15, 0.2) is 42.5 Å². The summed E-state index contributed by atoms with van der Waals surface area (Å²) in [6.45, 7) is 2.26. The summed E-state index contributed by atoms with van der Waals surface area (Å²) in [5.74, 6) is -1.43. The van der Waals surface area contributed by atoms with E-state index in [-0.39, 0.29) is 30.8 Å². The average molecular weight is 585 g/mol. The molecule has 0 radical (unpaired) electrons. The number of fused-ring (bicyclic) bond motifs is 2. The molecule has 2 N–H and O–H groups in total. The maximum Gasteiger partial charge on any atom is 0.306 e. The molecule has 2 aromatic heterocycles. The third kappa shape index (κ3) is 7.16. The first-order valence-corrected chi connectivity index (χ1v) is 14.2. The molecule has 1 unspecified atom stereocenters. The highest BCUT2D eigenvalue weighted by Gasteiger charge is 2.20. The average Bonchev–Trinajstić information content (AvgIpc) is 3.54. The number of aliphatic carboxylic acids is 2. The highest BCUT2D eigenvalue weighted by molar-refractivity contribution is 7.21. The van der Waals surface area contributed by atoms with E-state index in [2.05, 4.69) is 0 Å². The highest BCUT2D eigenvalue weighted by Crippen LogP contribution is 2.37. The Labute approximate surface area is 237 Å². The first-order chi connectivity index (χ1) is 19.1. The first kappa shape index (κ1) is 29.0. The smallest absolute Gasteiger partial charge is 0.306 e. The summed E-state index contributed by atoms with van der Waals surface area (Å²) in [4.78, 5) is 47.6. The van der Waals surface area contributed by atoms with Gasteiger partial charge in [-0.3, -0.25) is 19.2 Å². The van der Waals surface area contributed by atoms with Crippen molar-refractivity contribution in [1.29, 1.82) is 0 Å². The summed E-state index contributed by atoms with van der Waals surface area (Å²) in [5.41, 5.74) is 0. The van der Waals surface area contributed by atoms with E-state index in [1.54, 1.807) is 18.2 Å². The molecule has 4 aromatic rings. The molecule has 0 amide bonds. The Hall–Kier alpha value is -3.96. The molecule has 0 bridgehead atoms. The SMILES string of the molecule is COc1cc2cc(C(=O)CC(C)C(=O)O)sc2cc1OCCCOc1ccc2sc(C(=O)CCC(=O)O)cc2c1. The van der Waals surface area contributed by atoms with Crippen LogP contribution < -0.4 is 14.2 Å². The monoisotopic (exact) mass is 584 g/mol. The van der Waals surface area contributed by atoms with E-state index in [1.807, 2.05) is 24.3 Å². The molecule has 2 aromatic carbocycles. The van der Waals surface area contributed by atoms with E-state index in [1.165, 1.54) is 36.7 Å². The maximum atomic E-state index is 12.5. The number of ketones is 2. The molecule has 1 atom stereocenters. The number of methoxy groups -OCH3 is 1. The van der Waals surface area contributed by atoms with Crippen molar-refractivity contribution >= 4 is 66.4 Å². The third-order valence-corrected chi connectivity index (χ3v) is 8.43. The van der Waals surface area contributed by atoms with Gasteiger partial charge < -0.3 is 24.4 Å². The summed E-state index contributed by atoms with van der Waals surface area (Å²) >= 11 is 2.63. The Morgan fingerprint density at radius 3 is 2.17 bits per heavy atom. The second-order valence-electron chi connectivity index (χ2n) is 9.20. The maximum absolute atomic E-state index is 12.5. The number of ether oxygens (including phenoxy) is 3. The van der Waals surface area contributed by atoms with Crippen molar-refractivity contribution in [3.05, 3.63) is 52.2 Å². The number of thiophene rings is 2. The number of carboxylic acid groups (broad SMARTS) is 2. The molecule has 0 aliphatic carbocycles. The lowest BCUT2D eigenvalue weighted by molar-refractivity contribution is -0.141. The second kappa shape index (κ2) is 12.9. The Balaban J connectivity index is 1.32. The highest BCUT2D eigenvalue weighted by atomic mass is 32.1. The van der Waals surface area contributed by atoms with Gasteiger partial charge in [0, 0.05) is 34.7 Å². The van der Waals surface area contributed by atoms with Crippen LogP contribution in [0.2, 0.25) is 0 Å². The molecule has 0 aliphatic heterocycles. The summed E-state index contributed by atoms with van der Waals surface area (Å²) < 4.78 is 19.0. The van der Waals surface area contributed by atoms with Crippen molar-refractivity contribution in [3.8, 4) is 17.2 Å². The lowest BCUT2D eigenvalue weighted by atomic mass is 10.0. The zero-order valence-corrected chi connectivity index (χ0v) is 23.6. The number of carbonyl (C=O) groups excluding carboxylic acids is 2. The lowest BCUT2D eigenvalue weighted by Crippen LogP contribution is -2.13. The number of hydrogen-bond donors (Lipinski definition) is 2. The van der Waals surface area contributed by atoms with Crippen LogP contribution in [0.25, 0.3) is 20.2 Å². The van der Waals surface area contributed by atoms with E-state index in [0.717, 1.165) is 20.2 Å². The number of carbonyl (C=O) groups is 4. The molecule has 210 valence electrons. The van der Waals surface area contributed by atoms with Crippen LogP contribution in [0.3, 0.4) is 0 Å². The van der Waals surface area contributed by atoms with Crippen molar-refractivity contribution in [1.82, 2.24) is 0 Å². The molecule has 0 saturated carbocycles. The van der Waals surface area contributed by atoms with Crippen molar-refractivity contribution in [2.24, 2.45) is 5.92 Å². The fourth-order valence-corrected chi connectivity index (χ4v) is 5.98. The van der Waals surface area contributed by atoms with E-state index >= 15 is 0 Å².